The van der Waals surface area contributed by atoms with Crippen LogP contribution in [-0.4, -0.2) is 53.0 Å². The molecular formula is C20H28FN7O2. The number of carbonyl (C=O) groups is 1. The van der Waals surface area contributed by atoms with Gasteiger partial charge in [-0.25, -0.2) is 19.4 Å². The van der Waals surface area contributed by atoms with Crippen molar-refractivity contribution < 1.29 is 14.3 Å². The van der Waals surface area contributed by atoms with Crippen molar-refractivity contribution >= 4 is 30.1 Å². The van der Waals surface area contributed by atoms with Gasteiger partial charge in [0.15, 0.2) is 0 Å². The Kier molecular flexibility index (Phi) is 9.08. The molecule has 162 valence electrons. The maximum absolute atomic E-state index is 13.9. The summed E-state index contributed by atoms with van der Waals surface area (Å²) >= 11 is 0. The van der Waals surface area contributed by atoms with E-state index in [1.807, 2.05) is 19.9 Å². The molecule has 1 aromatic rings. The Hall–Kier alpha value is -3.32. The van der Waals surface area contributed by atoms with Gasteiger partial charge in [0.2, 0.25) is 5.96 Å². The highest BCUT2D eigenvalue weighted by molar-refractivity contribution is 6.01. The third kappa shape index (κ3) is 7.97. The van der Waals surface area contributed by atoms with Gasteiger partial charge in [0.05, 0.1) is 29.5 Å². The first-order valence-corrected chi connectivity index (χ1v) is 9.27. The number of hydrogen-bond donors (Lipinski definition) is 4. The first kappa shape index (κ1) is 24.7. The Labute approximate surface area is 175 Å². The van der Waals surface area contributed by atoms with Crippen molar-refractivity contribution in [2.45, 2.75) is 52.4 Å². The average Bonchev–Trinajstić information content (AvgIpc) is 2.67. The van der Waals surface area contributed by atoms with E-state index in [9.17, 15) is 14.3 Å². The van der Waals surface area contributed by atoms with E-state index in [0.717, 1.165) is 0 Å². The molecular weight excluding hydrogens is 389 g/mol. The number of aliphatic imine (C=N–C) groups is 2. The third-order valence-corrected chi connectivity index (χ3v) is 3.75. The van der Waals surface area contributed by atoms with Gasteiger partial charge in [0.25, 0.3) is 5.91 Å². The highest BCUT2D eigenvalue weighted by Gasteiger charge is 2.27. The molecule has 10 heteroatoms. The molecule has 0 aliphatic heterocycles. The lowest BCUT2D eigenvalue weighted by atomic mass is 10.0. The van der Waals surface area contributed by atoms with Crippen molar-refractivity contribution in [3.63, 3.8) is 0 Å². The normalized spacial score (nSPS) is 13.4. The monoisotopic (exact) mass is 417 g/mol. The van der Waals surface area contributed by atoms with Crippen LogP contribution in [0.2, 0.25) is 0 Å². The van der Waals surface area contributed by atoms with Crippen LogP contribution in [0.25, 0.3) is 0 Å². The first-order valence-electron chi connectivity index (χ1n) is 9.27. The number of rotatable bonds is 8. The van der Waals surface area contributed by atoms with Crippen molar-refractivity contribution in [1.29, 1.82) is 5.26 Å². The molecule has 0 saturated heterocycles. The largest absolute Gasteiger partial charge is 0.387 e. The zero-order chi connectivity index (χ0) is 22.9. The van der Waals surface area contributed by atoms with Gasteiger partial charge in [-0.05, 0) is 41.3 Å². The number of nitriles is 1. The quantitative estimate of drug-likeness (QED) is 0.292. The number of nitrogens with one attached hydrogen (secondary N) is 3. The minimum atomic E-state index is -1.63. The summed E-state index contributed by atoms with van der Waals surface area (Å²) in [4.78, 5) is 24.5. The van der Waals surface area contributed by atoms with Crippen molar-refractivity contribution in [2.24, 2.45) is 9.98 Å². The molecule has 1 atom stereocenters. The van der Waals surface area contributed by atoms with Gasteiger partial charge in [0, 0.05) is 30.1 Å². The molecule has 0 aliphatic rings. The van der Waals surface area contributed by atoms with Crippen molar-refractivity contribution in [1.82, 2.24) is 10.3 Å². The molecule has 0 bridgehead atoms. The van der Waals surface area contributed by atoms with Gasteiger partial charge in [-0.2, -0.15) is 5.26 Å². The van der Waals surface area contributed by atoms with E-state index in [2.05, 4.69) is 37.6 Å². The fraction of sp³-hybridized carbons (Fsp3) is 0.450. The third-order valence-electron chi connectivity index (χ3n) is 3.75. The average molecular weight is 417 g/mol. The van der Waals surface area contributed by atoms with Crippen LogP contribution in [0.15, 0.2) is 34.0 Å². The number of aliphatic hydroxyl groups is 1. The first-order chi connectivity index (χ1) is 14.0. The molecule has 4 N–H and O–H groups in total. The van der Waals surface area contributed by atoms with Crippen LogP contribution in [-0.2, 0) is 0 Å². The summed E-state index contributed by atoms with van der Waals surface area (Å²) in [5.74, 6) is -0.0774. The summed E-state index contributed by atoms with van der Waals surface area (Å²) in [6.07, 6.45) is 1.04. The van der Waals surface area contributed by atoms with Gasteiger partial charge >= 0.3 is 0 Å². The topological polar surface area (TPSA) is 135 Å². The molecule has 9 nitrogen and oxygen atoms in total. The van der Waals surface area contributed by atoms with E-state index in [1.165, 1.54) is 26.2 Å². The summed E-state index contributed by atoms with van der Waals surface area (Å²) in [7, 11) is 0. The SMILES string of the molecule is C=NC(=N/C=C(\C)C#N)Nc1cc(NC(C)C)c(C(=O)NC[C@@H](F)C(C)(C)O)cn1. The highest BCUT2D eigenvalue weighted by atomic mass is 19.1. The van der Waals surface area contributed by atoms with E-state index in [0.29, 0.717) is 17.1 Å². The number of alkyl halides is 1. The molecule has 1 rings (SSSR count). The summed E-state index contributed by atoms with van der Waals surface area (Å²) in [6.45, 7) is 11.1. The van der Waals surface area contributed by atoms with Crippen molar-refractivity contribution in [3.8, 4) is 6.07 Å². The van der Waals surface area contributed by atoms with Crippen LogP contribution in [0.4, 0.5) is 15.9 Å². The molecule has 30 heavy (non-hydrogen) atoms. The molecule has 0 aliphatic carbocycles. The van der Waals surface area contributed by atoms with Gasteiger partial charge in [-0.3, -0.25) is 4.79 Å². The van der Waals surface area contributed by atoms with Gasteiger partial charge in [-0.1, -0.05) is 0 Å². The fourth-order valence-electron chi connectivity index (χ4n) is 2.08. The number of allylic oxidation sites excluding steroid dienone is 1. The Morgan fingerprint density at radius 2 is 2.17 bits per heavy atom. The number of pyridine rings is 1. The smallest absolute Gasteiger partial charge is 0.255 e. The highest BCUT2D eigenvalue weighted by Crippen LogP contribution is 2.20. The molecule has 0 aromatic carbocycles. The van der Waals surface area contributed by atoms with E-state index in [-0.39, 0.29) is 24.1 Å². The molecule has 1 amide bonds. The van der Waals surface area contributed by atoms with E-state index in [4.69, 9.17) is 5.26 Å². The second-order valence-corrected chi connectivity index (χ2v) is 7.41. The van der Waals surface area contributed by atoms with Crippen LogP contribution in [0.1, 0.15) is 45.0 Å². The van der Waals surface area contributed by atoms with E-state index >= 15 is 0 Å². The fourth-order valence-corrected chi connectivity index (χ4v) is 2.08. The standard InChI is InChI=1S/C20H28FN7O2/c1-12(2)27-15-7-17(28-19(23-6)26-9-13(3)8-22)24-10-14(15)18(29)25-11-16(21)20(4,5)30/h7,9-10,12,16,30H,6,11H2,1-5H3,(H,25,29)(H2,24,26,27,28)/b13-9+/t16-/m1/s1. The van der Waals surface area contributed by atoms with E-state index in [1.54, 1.807) is 13.0 Å². The van der Waals surface area contributed by atoms with Crippen LogP contribution in [0, 0.1) is 11.3 Å². The van der Waals surface area contributed by atoms with E-state index < -0.39 is 17.7 Å². The molecule has 0 radical (unpaired) electrons. The Morgan fingerprint density at radius 3 is 2.70 bits per heavy atom. The number of carbonyl (C=O) groups excluding carboxylic acids is 1. The van der Waals surface area contributed by atoms with Crippen LogP contribution in [0.3, 0.4) is 0 Å². The zero-order valence-electron chi connectivity index (χ0n) is 17.8. The molecule has 0 unspecified atom stereocenters. The second-order valence-electron chi connectivity index (χ2n) is 7.41. The Balaban J connectivity index is 3.10. The predicted molar refractivity (Wildman–Crippen MR) is 116 cm³/mol. The predicted octanol–water partition coefficient (Wildman–Crippen LogP) is 2.64. The molecule has 0 spiro atoms. The summed E-state index contributed by atoms with van der Waals surface area (Å²) in [5, 5.41) is 26.9. The molecule has 0 fully saturated rings. The molecule has 1 aromatic heterocycles. The number of aromatic nitrogens is 1. The zero-order valence-corrected chi connectivity index (χ0v) is 17.8. The Morgan fingerprint density at radius 1 is 1.50 bits per heavy atom. The summed E-state index contributed by atoms with van der Waals surface area (Å²) in [5.41, 5.74) is -0.505. The van der Waals surface area contributed by atoms with Crippen molar-refractivity contribution in [3.05, 3.63) is 29.6 Å². The lowest BCUT2D eigenvalue weighted by molar-refractivity contribution is -0.00177. The molecule has 0 saturated carbocycles. The summed E-state index contributed by atoms with van der Waals surface area (Å²) < 4.78 is 13.9. The number of amides is 1. The lowest BCUT2D eigenvalue weighted by Crippen LogP contribution is -2.42. The van der Waals surface area contributed by atoms with Crippen molar-refractivity contribution in [2.75, 3.05) is 17.2 Å². The van der Waals surface area contributed by atoms with Gasteiger partial charge in [-0.15, -0.1) is 0 Å². The van der Waals surface area contributed by atoms with Gasteiger partial charge < -0.3 is 21.1 Å². The Bertz CT molecular complexity index is 867. The minimum Gasteiger partial charge on any atom is -0.387 e. The number of anilines is 2. The van der Waals surface area contributed by atoms with Crippen LogP contribution >= 0.6 is 0 Å². The second kappa shape index (κ2) is 11.0. The number of guanidine groups is 1. The maximum atomic E-state index is 13.9. The maximum Gasteiger partial charge on any atom is 0.255 e. The number of hydrogen-bond acceptors (Lipinski definition) is 6. The minimum absolute atomic E-state index is 0.00368. The number of halogens is 1. The number of nitrogens with zero attached hydrogens (tertiary/aromatic N) is 4. The van der Waals surface area contributed by atoms with Gasteiger partial charge in [0.1, 0.15) is 12.0 Å². The molecule has 1 heterocycles. The van der Waals surface area contributed by atoms with Crippen LogP contribution in [0.5, 0.6) is 0 Å². The van der Waals surface area contributed by atoms with Crippen LogP contribution < -0.4 is 16.0 Å². The summed E-state index contributed by atoms with van der Waals surface area (Å²) in [6, 6.07) is 3.53. The lowest BCUT2D eigenvalue weighted by Gasteiger charge is -2.23.